The van der Waals surface area contributed by atoms with Crippen LogP contribution in [0.15, 0.2) is 18.2 Å². The van der Waals surface area contributed by atoms with Crippen molar-refractivity contribution in [1.82, 2.24) is 5.32 Å². The van der Waals surface area contributed by atoms with Crippen LogP contribution < -0.4 is 15.8 Å². The Morgan fingerprint density at radius 2 is 2.11 bits per heavy atom. The van der Waals surface area contributed by atoms with Crippen molar-refractivity contribution in [3.05, 3.63) is 29.3 Å². The molecule has 4 nitrogen and oxygen atoms in total. The van der Waals surface area contributed by atoms with Gasteiger partial charge in [-0.1, -0.05) is 19.1 Å². The smallest absolute Gasteiger partial charge is 0.227 e. The van der Waals surface area contributed by atoms with Crippen LogP contribution in [0.3, 0.4) is 0 Å². The number of methoxy groups -OCH3 is 1. The quantitative estimate of drug-likeness (QED) is 0.824. The molecule has 0 aliphatic carbocycles. The number of nitrogens with one attached hydrogen (secondary N) is 1. The van der Waals surface area contributed by atoms with Crippen LogP contribution in [-0.2, 0) is 17.8 Å². The van der Waals surface area contributed by atoms with Gasteiger partial charge in [-0.15, -0.1) is 0 Å². The van der Waals surface area contributed by atoms with Gasteiger partial charge >= 0.3 is 0 Å². The molecule has 0 aliphatic heterocycles. The van der Waals surface area contributed by atoms with Crippen molar-refractivity contribution >= 4 is 5.91 Å². The second-order valence-electron chi connectivity index (χ2n) is 5.27. The van der Waals surface area contributed by atoms with E-state index in [1.165, 1.54) is 5.56 Å². The summed E-state index contributed by atoms with van der Waals surface area (Å²) in [5, 5.41) is 2.92. The number of carbonyl (C=O) groups is 1. The first kappa shape index (κ1) is 15.5. The Labute approximate surface area is 115 Å². The van der Waals surface area contributed by atoms with E-state index in [4.69, 9.17) is 10.5 Å². The fraction of sp³-hybridized carbons (Fsp3) is 0.533. The zero-order chi connectivity index (χ0) is 14.5. The molecule has 1 amide bonds. The Bertz CT molecular complexity index is 442. The number of ether oxygens (including phenoxy) is 1. The van der Waals surface area contributed by atoms with Gasteiger partial charge in [-0.3, -0.25) is 4.79 Å². The van der Waals surface area contributed by atoms with E-state index in [2.05, 4.69) is 18.3 Å². The highest BCUT2D eigenvalue weighted by molar-refractivity contribution is 5.82. The van der Waals surface area contributed by atoms with Gasteiger partial charge in [0.1, 0.15) is 5.75 Å². The number of nitrogens with two attached hydrogens (primary N) is 1. The van der Waals surface area contributed by atoms with Crippen LogP contribution in [-0.4, -0.2) is 19.6 Å². The van der Waals surface area contributed by atoms with Crippen molar-refractivity contribution in [3.63, 3.8) is 0 Å². The molecule has 0 aromatic heterocycles. The lowest BCUT2D eigenvalue weighted by Crippen LogP contribution is -2.41. The minimum Gasteiger partial charge on any atom is -0.496 e. The third-order valence-corrected chi connectivity index (χ3v) is 3.32. The van der Waals surface area contributed by atoms with Crippen molar-refractivity contribution in [1.29, 1.82) is 0 Å². The summed E-state index contributed by atoms with van der Waals surface area (Å²) in [6.07, 6.45) is 0.958. The summed E-state index contributed by atoms with van der Waals surface area (Å²) in [6, 6.07) is 6.04. The summed E-state index contributed by atoms with van der Waals surface area (Å²) in [4.78, 5) is 12.0. The monoisotopic (exact) mass is 264 g/mol. The van der Waals surface area contributed by atoms with Crippen LogP contribution in [0.25, 0.3) is 0 Å². The van der Waals surface area contributed by atoms with Gasteiger partial charge in [0, 0.05) is 18.7 Å². The molecule has 0 fully saturated rings. The molecule has 0 radical (unpaired) electrons. The normalized spacial score (nSPS) is 11.2. The molecule has 106 valence electrons. The second-order valence-corrected chi connectivity index (χ2v) is 5.27. The summed E-state index contributed by atoms with van der Waals surface area (Å²) >= 11 is 0. The van der Waals surface area contributed by atoms with Crippen molar-refractivity contribution < 1.29 is 9.53 Å². The van der Waals surface area contributed by atoms with Crippen LogP contribution in [0.1, 0.15) is 31.9 Å². The SMILES string of the molecule is CCc1ccc(OC)c(CNC(=O)C(C)(C)CN)c1. The van der Waals surface area contributed by atoms with Crippen molar-refractivity contribution in [2.75, 3.05) is 13.7 Å². The predicted octanol–water partition coefficient (Wildman–Crippen LogP) is 1.86. The highest BCUT2D eigenvalue weighted by Crippen LogP contribution is 2.21. The highest BCUT2D eigenvalue weighted by atomic mass is 16.5. The minimum atomic E-state index is -0.546. The molecule has 1 aromatic rings. The Hall–Kier alpha value is -1.55. The molecule has 0 saturated carbocycles. The van der Waals surface area contributed by atoms with Crippen molar-refractivity contribution in [3.8, 4) is 5.75 Å². The number of amides is 1. The zero-order valence-corrected chi connectivity index (χ0v) is 12.2. The van der Waals surface area contributed by atoms with Gasteiger partial charge in [-0.25, -0.2) is 0 Å². The van der Waals surface area contributed by atoms with Crippen LogP contribution in [0.2, 0.25) is 0 Å². The average molecular weight is 264 g/mol. The Morgan fingerprint density at radius 3 is 2.63 bits per heavy atom. The number of benzene rings is 1. The molecule has 0 heterocycles. The van der Waals surface area contributed by atoms with Gasteiger partial charge in [0.15, 0.2) is 0 Å². The Balaban J connectivity index is 2.79. The largest absolute Gasteiger partial charge is 0.496 e. The fourth-order valence-electron chi connectivity index (χ4n) is 1.70. The van der Waals surface area contributed by atoms with Crippen LogP contribution in [0, 0.1) is 5.41 Å². The third kappa shape index (κ3) is 3.96. The molecule has 0 spiro atoms. The maximum Gasteiger partial charge on any atom is 0.227 e. The summed E-state index contributed by atoms with van der Waals surface area (Å²) in [5.41, 5.74) is 7.26. The molecule has 0 unspecified atom stereocenters. The Morgan fingerprint density at radius 1 is 1.42 bits per heavy atom. The molecule has 3 N–H and O–H groups in total. The van der Waals surface area contributed by atoms with Crippen LogP contribution in [0.5, 0.6) is 5.75 Å². The van der Waals surface area contributed by atoms with Gasteiger partial charge in [0.2, 0.25) is 5.91 Å². The van der Waals surface area contributed by atoms with Crippen molar-refractivity contribution in [2.24, 2.45) is 11.1 Å². The maximum atomic E-state index is 12.0. The van der Waals surface area contributed by atoms with Crippen molar-refractivity contribution in [2.45, 2.75) is 33.7 Å². The molecule has 0 atom stereocenters. The first-order valence-corrected chi connectivity index (χ1v) is 6.58. The summed E-state index contributed by atoms with van der Waals surface area (Å²) in [6.45, 7) is 6.55. The molecule has 1 rings (SSSR count). The van der Waals surface area contributed by atoms with E-state index in [1.807, 2.05) is 26.0 Å². The molecule has 19 heavy (non-hydrogen) atoms. The Kier molecular flexibility index (Phi) is 5.36. The number of rotatable bonds is 6. The molecule has 4 heteroatoms. The second kappa shape index (κ2) is 6.57. The van der Waals surface area contributed by atoms with E-state index >= 15 is 0 Å². The van der Waals surface area contributed by atoms with E-state index in [1.54, 1.807) is 7.11 Å². The summed E-state index contributed by atoms with van der Waals surface area (Å²) in [5.74, 6) is 0.752. The molecule has 0 aliphatic rings. The van der Waals surface area contributed by atoms with E-state index < -0.39 is 5.41 Å². The lowest BCUT2D eigenvalue weighted by Gasteiger charge is -2.21. The van der Waals surface area contributed by atoms with E-state index in [0.29, 0.717) is 13.1 Å². The summed E-state index contributed by atoms with van der Waals surface area (Å²) in [7, 11) is 1.64. The number of aryl methyl sites for hydroxylation is 1. The molecular formula is C15H24N2O2. The number of hydrogen-bond donors (Lipinski definition) is 2. The van der Waals surface area contributed by atoms with Gasteiger partial charge in [-0.05, 0) is 31.9 Å². The van der Waals surface area contributed by atoms with Gasteiger partial charge in [0.05, 0.1) is 12.5 Å². The molecular weight excluding hydrogens is 240 g/mol. The van der Waals surface area contributed by atoms with Crippen LogP contribution in [0.4, 0.5) is 0 Å². The van der Waals surface area contributed by atoms with Gasteiger partial charge in [-0.2, -0.15) is 0 Å². The average Bonchev–Trinajstić information content (AvgIpc) is 2.44. The first-order chi connectivity index (χ1) is 8.94. The third-order valence-electron chi connectivity index (χ3n) is 3.32. The topological polar surface area (TPSA) is 64.3 Å². The number of hydrogen-bond acceptors (Lipinski definition) is 3. The van der Waals surface area contributed by atoms with E-state index in [0.717, 1.165) is 17.7 Å². The minimum absolute atomic E-state index is 0.0426. The summed E-state index contributed by atoms with van der Waals surface area (Å²) < 4.78 is 5.31. The highest BCUT2D eigenvalue weighted by Gasteiger charge is 2.25. The lowest BCUT2D eigenvalue weighted by atomic mass is 9.92. The zero-order valence-electron chi connectivity index (χ0n) is 12.2. The first-order valence-electron chi connectivity index (χ1n) is 6.58. The molecule has 1 aromatic carbocycles. The van der Waals surface area contributed by atoms with Gasteiger partial charge < -0.3 is 15.8 Å². The van der Waals surface area contributed by atoms with Gasteiger partial charge in [0.25, 0.3) is 0 Å². The lowest BCUT2D eigenvalue weighted by molar-refractivity contribution is -0.129. The number of carbonyl (C=O) groups excluding carboxylic acids is 1. The maximum absolute atomic E-state index is 12.0. The standard InChI is InChI=1S/C15H24N2O2/c1-5-11-6-7-13(19-4)12(8-11)9-17-14(18)15(2,3)10-16/h6-8H,5,9-10,16H2,1-4H3,(H,17,18). The molecule has 0 saturated heterocycles. The van der Waals surface area contributed by atoms with E-state index in [9.17, 15) is 4.79 Å². The predicted molar refractivity (Wildman–Crippen MR) is 77.1 cm³/mol. The van der Waals surface area contributed by atoms with E-state index in [-0.39, 0.29) is 5.91 Å². The molecule has 0 bridgehead atoms. The van der Waals surface area contributed by atoms with Crippen LogP contribution >= 0.6 is 0 Å². The fourth-order valence-corrected chi connectivity index (χ4v) is 1.70.